The summed E-state index contributed by atoms with van der Waals surface area (Å²) in [6.45, 7) is 4.78. The van der Waals surface area contributed by atoms with Gasteiger partial charge in [0.2, 0.25) is 0 Å². The van der Waals surface area contributed by atoms with E-state index in [1.54, 1.807) is 32.9 Å². The van der Waals surface area contributed by atoms with Gasteiger partial charge in [-0.25, -0.2) is 0 Å². The molecule has 0 aliphatic heterocycles. The Kier molecular flexibility index (Phi) is 6.66. The molecule has 1 aromatic rings. The molecule has 25 heavy (non-hydrogen) atoms. The Labute approximate surface area is 145 Å². The average Bonchev–Trinajstić information content (AvgIpc) is 2.47. The number of carboxylic acid groups (broad SMARTS) is 1. The molecule has 0 spiro atoms. The molecular formula is C17H24N2O6. The number of aromatic hydroxyl groups is 1. The van der Waals surface area contributed by atoms with Crippen LogP contribution in [0.4, 0.5) is 0 Å². The van der Waals surface area contributed by atoms with Crippen LogP contribution in [0.5, 0.6) is 5.75 Å². The molecular weight excluding hydrogens is 328 g/mol. The van der Waals surface area contributed by atoms with Gasteiger partial charge in [0, 0.05) is 0 Å². The van der Waals surface area contributed by atoms with E-state index in [9.17, 15) is 19.5 Å². The zero-order valence-electron chi connectivity index (χ0n) is 14.4. The van der Waals surface area contributed by atoms with Gasteiger partial charge in [-0.15, -0.1) is 0 Å². The number of benzene rings is 1. The van der Waals surface area contributed by atoms with Crippen LogP contribution in [0.3, 0.4) is 0 Å². The molecule has 8 heteroatoms. The van der Waals surface area contributed by atoms with Crippen LogP contribution in [0.2, 0.25) is 0 Å². The topological polar surface area (TPSA) is 153 Å². The third-order valence-electron chi connectivity index (χ3n) is 3.37. The molecule has 2 unspecified atom stereocenters. The Bertz CT molecular complexity index is 636. The molecule has 0 aliphatic rings. The summed E-state index contributed by atoms with van der Waals surface area (Å²) in [5.74, 6) is -4.97. The van der Waals surface area contributed by atoms with Crippen molar-refractivity contribution in [1.82, 2.24) is 0 Å². The second-order valence-electron chi connectivity index (χ2n) is 6.75. The van der Waals surface area contributed by atoms with E-state index >= 15 is 0 Å². The van der Waals surface area contributed by atoms with Gasteiger partial charge in [-0.05, 0) is 44.9 Å². The highest BCUT2D eigenvalue weighted by Crippen LogP contribution is 2.18. The van der Waals surface area contributed by atoms with E-state index in [1.807, 2.05) is 0 Å². The smallest absolute Gasteiger partial charge is 0.321 e. The molecule has 0 fully saturated rings. The Morgan fingerprint density at radius 3 is 2.08 bits per heavy atom. The monoisotopic (exact) mass is 352 g/mol. The quantitative estimate of drug-likeness (QED) is 0.401. The summed E-state index contributed by atoms with van der Waals surface area (Å²) in [5.41, 5.74) is 11.1. The highest BCUT2D eigenvalue weighted by Gasteiger charge is 2.41. The van der Waals surface area contributed by atoms with Crippen LogP contribution in [0.25, 0.3) is 0 Å². The highest BCUT2D eigenvalue weighted by molar-refractivity contribution is 6.05. The second kappa shape index (κ2) is 8.09. The fourth-order valence-corrected chi connectivity index (χ4v) is 2.16. The predicted octanol–water partition coefficient (Wildman–Crippen LogP) is 0.201. The zero-order chi connectivity index (χ0) is 19.4. The molecule has 1 aromatic carbocycles. The maximum atomic E-state index is 12.6. The highest BCUT2D eigenvalue weighted by atomic mass is 16.6. The van der Waals surface area contributed by atoms with E-state index in [2.05, 4.69) is 0 Å². The van der Waals surface area contributed by atoms with E-state index in [4.69, 9.17) is 21.3 Å². The van der Waals surface area contributed by atoms with E-state index in [0.29, 0.717) is 5.56 Å². The van der Waals surface area contributed by atoms with Gasteiger partial charge in [0.1, 0.15) is 23.3 Å². The van der Waals surface area contributed by atoms with Gasteiger partial charge in [0.15, 0.2) is 5.78 Å². The number of ketones is 1. The van der Waals surface area contributed by atoms with Gasteiger partial charge < -0.3 is 26.4 Å². The van der Waals surface area contributed by atoms with Crippen molar-refractivity contribution in [2.45, 2.75) is 44.9 Å². The first kappa shape index (κ1) is 20.6. The summed E-state index contributed by atoms with van der Waals surface area (Å²) < 4.78 is 5.12. The van der Waals surface area contributed by atoms with Crippen molar-refractivity contribution in [3.8, 4) is 5.75 Å². The molecule has 8 nitrogen and oxygen atoms in total. The fraction of sp³-hybridized carbons (Fsp3) is 0.471. The molecule has 0 amide bonds. The van der Waals surface area contributed by atoms with Crippen LogP contribution in [0.15, 0.2) is 24.3 Å². The average molecular weight is 352 g/mol. The van der Waals surface area contributed by atoms with E-state index in [0.717, 1.165) is 0 Å². The number of hydrogen-bond donors (Lipinski definition) is 4. The maximum Gasteiger partial charge on any atom is 0.321 e. The van der Waals surface area contributed by atoms with Crippen LogP contribution < -0.4 is 11.5 Å². The number of ether oxygens (including phenoxy) is 1. The molecule has 3 atom stereocenters. The van der Waals surface area contributed by atoms with E-state index in [1.165, 1.54) is 12.1 Å². The minimum Gasteiger partial charge on any atom is -0.508 e. The molecule has 0 aliphatic carbocycles. The fourth-order valence-electron chi connectivity index (χ4n) is 2.16. The number of rotatable bonds is 7. The van der Waals surface area contributed by atoms with Gasteiger partial charge in [-0.1, -0.05) is 12.1 Å². The van der Waals surface area contributed by atoms with Gasteiger partial charge in [0.05, 0.1) is 6.04 Å². The van der Waals surface area contributed by atoms with Crippen molar-refractivity contribution in [3.63, 3.8) is 0 Å². The lowest BCUT2D eigenvalue weighted by atomic mass is 9.88. The minimum atomic E-state index is -1.76. The van der Waals surface area contributed by atoms with Crippen molar-refractivity contribution in [1.29, 1.82) is 0 Å². The third-order valence-corrected chi connectivity index (χ3v) is 3.37. The zero-order valence-corrected chi connectivity index (χ0v) is 14.4. The number of carbonyl (C=O) groups is 3. The largest absolute Gasteiger partial charge is 0.508 e. The van der Waals surface area contributed by atoms with Gasteiger partial charge in [0.25, 0.3) is 0 Å². The van der Waals surface area contributed by atoms with Crippen molar-refractivity contribution in [2.24, 2.45) is 17.4 Å². The van der Waals surface area contributed by atoms with E-state index in [-0.39, 0.29) is 12.2 Å². The summed E-state index contributed by atoms with van der Waals surface area (Å²) in [6, 6.07) is 3.10. The molecule has 0 bridgehead atoms. The third kappa shape index (κ3) is 6.17. The van der Waals surface area contributed by atoms with Crippen LogP contribution in [0, 0.1) is 5.92 Å². The number of carbonyl (C=O) groups excluding carboxylic acids is 2. The van der Waals surface area contributed by atoms with Crippen molar-refractivity contribution in [2.75, 3.05) is 0 Å². The lowest BCUT2D eigenvalue weighted by Crippen LogP contribution is -2.53. The molecule has 0 heterocycles. The first-order valence-corrected chi connectivity index (χ1v) is 7.71. The van der Waals surface area contributed by atoms with Crippen LogP contribution in [-0.2, 0) is 25.5 Å². The Morgan fingerprint density at radius 2 is 1.64 bits per heavy atom. The molecule has 0 saturated heterocycles. The number of phenols is 1. The van der Waals surface area contributed by atoms with Gasteiger partial charge in [-0.2, -0.15) is 0 Å². The summed E-state index contributed by atoms with van der Waals surface area (Å²) in [6.07, 6.45) is 0.0603. The number of phenolic OH excluding ortho intramolecular Hbond substituents is 1. The van der Waals surface area contributed by atoms with Crippen LogP contribution >= 0.6 is 0 Å². The molecule has 6 N–H and O–H groups in total. The minimum absolute atomic E-state index is 0.0585. The van der Waals surface area contributed by atoms with Gasteiger partial charge >= 0.3 is 11.9 Å². The number of esters is 1. The summed E-state index contributed by atoms with van der Waals surface area (Å²) >= 11 is 0. The number of nitrogens with two attached hydrogens (primary N) is 2. The Hall–Kier alpha value is -2.45. The first-order valence-electron chi connectivity index (χ1n) is 7.71. The summed E-state index contributed by atoms with van der Waals surface area (Å²) in [4.78, 5) is 36.0. The lowest BCUT2D eigenvalue weighted by Gasteiger charge is -2.26. The molecule has 1 rings (SSSR count). The van der Waals surface area contributed by atoms with Gasteiger partial charge in [-0.3, -0.25) is 14.4 Å². The SMILES string of the molecule is CC(C)(C)OC(=O)C(C(=O)C(N)Cc1ccc(O)cc1)[C@@H](N)C(=O)O. The summed E-state index contributed by atoms with van der Waals surface area (Å²) in [5, 5.41) is 18.4. The van der Waals surface area contributed by atoms with Crippen molar-refractivity contribution >= 4 is 17.7 Å². The van der Waals surface area contributed by atoms with E-state index < -0.39 is 41.3 Å². The molecule has 0 aromatic heterocycles. The lowest BCUT2D eigenvalue weighted by molar-refractivity contribution is -0.166. The Balaban J connectivity index is 2.99. The second-order valence-corrected chi connectivity index (χ2v) is 6.75. The normalized spacial score (nSPS) is 15.1. The maximum absolute atomic E-state index is 12.6. The number of hydrogen-bond acceptors (Lipinski definition) is 7. The molecule has 0 radical (unpaired) electrons. The standard InChI is InChI=1S/C17H24N2O6/c1-17(2,3)25-16(24)12(13(19)15(22)23)14(21)11(18)8-9-4-6-10(20)7-5-9/h4-7,11-13,20H,8,18-19H2,1-3H3,(H,22,23)/t11?,12?,13-/m1/s1. The Morgan fingerprint density at radius 1 is 1.12 bits per heavy atom. The first-order chi connectivity index (χ1) is 11.4. The van der Waals surface area contributed by atoms with Crippen LogP contribution in [-0.4, -0.2) is 45.6 Å². The van der Waals surface area contributed by atoms with Crippen molar-refractivity contribution < 1.29 is 29.3 Å². The number of aliphatic carboxylic acids is 1. The van der Waals surface area contributed by atoms with Crippen molar-refractivity contribution in [3.05, 3.63) is 29.8 Å². The number of Topliss-reactive ketones (excluding diaryl/α,β-unsaturated/α-hetero) is 1. The number of carboxylic acids is 1. The predicted molar refractivity (Wildman–Crippen MR) is 89.7 cm³/mol. The molecule has 138 valence electrons. The molecule has 0 saturated carbocycles. The van der Waals surface area contributed by atoms with Crippen LogP contribution in [0.1, 0.15) is 26.3 Å². The summed E-state index contributed by atoms with van der Waals surface area (Å²) in [7, 11) is 0.